The van der Waals surface area contributed by atoms with Gasteiger partial charge in [-0.15, -0.1) is 0 Å². The summed E-state index contributed by atoms with van der Waals surface area (Å²) in [6.07, 6.45) is 1.78. The molecule has 0 aliphatic carbocycles. The number of nitrogens with one attached hydrogen (secondary N) is 1. The summed E-state index contributed by atoms with van der Waals surface area (Å²) in [5.41, 5.74) is 3.17. The summed E-state index contributed by atoms with van der Waals surface area (Å²) in [5, 5.41) is 3.88. The van der Waals surface area contributed by atoms with Crippen LogP contribution in [0, 0.1) is 5.82 Å². The molecule has 3 nitrogen and oxygen atoms in total. The Morgan fingerprint density at radius 1 is 1.44 bits per heavy atom. The molecule has 0 heterocycles. The van der Waals surface area contributed by atoms with Crippen LogP contribution in [0.3, 0.4) is 0 Å². The molecule has 4 heteroatoms. The van der Waals surface area contributed by atoms with Crippen LogP contribution in [0.1, 0.15) is 37.0 Å². The first kappa shape index (κ1) is 12.4. The highest BCUT2D eigenvalue weighted by Crippen LogP contribution is 2.05. The Balaban J connectivity index is 2.67. The number of carbonyl (C=O) groups is 1. The molecule has 1 amide bonds. The number of hydrogen-bond acceptors (Lipinski definition) is 2. The summed E-state index contributed by atoms with van der Waals surface area (Å²) in [6, 6.07) is 5.82. The number of halogens is 1. The van der Waals surface area contributed by atoms with E-state index in [1.54, 1.807) is 6.07 Å². The predicted molar refractivity (Wildman–Crippen MR) is 61.9 cm³/mol. The Labute approximate surface area is 94.4 Å². The third kappa shape index (κ3) is 3.46. The molecule has 86 valence electrons. The molecule has 0 aliphatic heterocycles. The van der Waals surface area contributed by atoms with E-state index < -0.39 is 11.7 Å². The normalized spacial score (nSPS) is 11.3. The molecular weight excluding hydrogens is 207 g/mol. The van der Waals surface area contributed by atoms with E-state index in [2.05, 4.69) is 10.5 Å². The summed E-state index contributed by atoms with van der Waals surface area (Å²) in [4.78, 5) is 11.5. The molecule has 0 spiro atoms. The minimum Gasteiger partial charge on any atom is -0.267 e. The Hall–Kier alpha value is -1.71. The van der Waals surface area contributed by atoms with Gasteiger partial charge in [0, 0.05) is 5.71 Å². The van der Waals surface area contributed by atoms with E-state index >= 15 is 0 Å². The smallest absolute Gasteiger partial charge is 0.267 e. The van der Waals surface area contributed by atoms with Gasteiger partial charge in [0.1, 0.15) is 5.82 Å². The molecule has 0 aromatic heterocycles. The summed E-state index contributed by atoms with van der Waals surface area (Å²) in [6.45, 7) is 3.85. The van der Waals surface area contributed by atoms with Crippen LogP contribution in [0.25, 0.3) is 0 Å². The monoisotopic (exact) mass is 222 g/mol. The highest BCUT2D eigenvalue weighted by atomic mass is 19.1. The first-order chi connectivity index (χ1) is 7.65. The Bertz CT molecular complexity index is 402. The average molecular weight is 222 g/mol. The van der Waals surface area contributed by atoms with Crippen LogP contribution in [-0.4, -0.2) is 11.6 Å². The van der Waals surface area contributed by atoms with Crippen LogP contribution in [0.5, 0.6) is 0 Å². The van der Waals surface area contributed by atoms with E-state index in [1.807, 2.05) is 13.8 Å². The number of rotatable bonds is 4. The van der Waals surface area contributed by atoms with Crippen molar-refractivity contribution >= 4 is 11.6 Å². The van der Waals surface area contributed by atoms with Crippen molar-refractivity contribution in [3.63, 3.8) is 0 Å². The maximum absolute atomic E-state index is 13.2. The van der Waals surface area contributed by atoms with Gasteiger partial charge in [-0.2, -0.15) is 5.10 Å². The Morgan fingerprint density at radius 3 is 2.75 bits per heavy atom. The molecule has 16 heavy (non-hydrogen) atoms. The molecule has 1 aromatic carbocycles. The van der Waals surface area contributed by atoms with Gasteiger partial charge in [-0.05, 0) is 25.5 Å². The zero-order valence-corrected chi connectivity index (χ0v) is 9.46. The topological polar surface area (TPSA) is 41.5 Å². The van der Waals surface area contributed by atoms with E-state index in [-0.39, 0.29) is 5.56 Å². The van der Waals surface area contributed by atoms with Crippen molar-refractivity contribution in [2.45, 2.75) is 26.7 Å². The van der Waals surface area contributed by atoms with Crippen LogP contribution < -0.4 is 5.43 Å². The molecule has 0 fully saturated rings. The van der Waals surface area contributed by atoms with Crippen LogP contribution in [0.15, 0.2) is 29.4 Å². The van der Waals surface area contributed by atoms with Gasteiger partial charge in [0.15, 0.2) is 0 Å². The number of hydrazone groups is 1. The molecule has 0 bridgehead atoms. The van der Waals surface area contributed by atoms with Crippen LogP contribution >= 0.6 is 0 Å². The molecule has 1 N–H and O–H groups in total. The lowest BCUT2D eigenvalue weighted by Crippen LogP contribution is -2.20. The molecule has 0 unspecified atom stereocenters. The minimum atomic E-state index is -0.539. The minimum absolute atomic E-state index is 0.00977. The van der Waals surface area contributed by atoms with Gasteiger partial charge in [0.25, 0.3) is 5.91 Å². The summed E-state index contributed by atoms with van der Waals surface area (Å²) in [7, 11) is 0. The zero-order chi connectivity index (χ0) is 12.0. The molecule has 0 saturated carbocycles. The largest absolute Gasteiger partial charge is 0.274 e. The Kier molecular flexibility index (Phi) is 4.64. The first-order valence-corrected chi connectivity index (χ1v) is 5.23. The van der Waals surface area contributed by atoms with Crippen molar-refractivity contribution in [3.8, 4) is 0 Å². The van der Waals surface area contributed by atoms with Gasteiger partial charge in [0.2, 0.25) is 0 Å². The van der Waals surface area contributed by atoms with Crippen LogP contribution in [0.2, 0.25) is 0 Å². The van der Waals surface area contributed by atoms with Crippen LogP contribution in [-0.2, 0) is 0 Å². The Morgan fingerprint density at radius 2 is 2.12 bits per heavy atom. The number of amides is 1. The summed E-state index contributed by atoms with van der Waals surface area (Å²) in [5.74, 6) is -1.06. The van der Waals surface area contributed by atoms with Crippen molar-refractivity contribution in [2.24, 2.45) is 5.10 Å². The molecule has 0 saturated heterocycles. The number of carbonyl (C=O) groups excluding carboxylic acids is 1. The van der Waals surface area contributed by atoms with Gasteiger partial charge < -0.3 is 0 Å². The molecule has 0 aliphatic rings. The highest BCUT2D eigenvalue weighted by Gasteiger charge is 2.09. The van der Waals surface area contributed by atoms with E-state index in [0.29, 0.717) is 0 Å². The van der Waals surface area contributed by atoms with Crippen LogP contribution in [0.4, 0.5) is 4.39 Å². The quantitative estimate of drug-likeness (QED) is 0.617. The second-order valence-electron chi connectivity index (χ2n) is 3.52. The molecule has 0 atom stereocenters. The van der Waals surface area contributed by atoms with Crippen molar-refractivity contribution in [3.05, 3.63) is 35.6 Å². The number of hydrogen-bond donors (Lipinski definition) is 1. The second kappa shape index (κ2) is 6.00. The fraction of sp³-hybridized carbons (Fsp3) is 0.333. The summed E-state index contributed by atoms with van der Waals surface area (Å²) >= 11 is 0. The van der Waals surface area contributed by atoms with Gasteiger partial charge in [-0.3, -0.25) is 4.79 Å². The lowest BCUT2D eigenvalue weighted by atomic mass is 10.2. The molecule has 1 aromatic rings. The van der Waals surface area contributed by atoms with E-state index in [9.17, 15) is 9.18 Å². The second-order valence-corrected chi connectivity index (χ2v) is 3.52. The van der Waals surface area contributed by atoms with Gasteiger partial charge in [0.05, 0.1) is 5.56 Å². The average Bonchev–Trinajstić information content (AvgIpc) is 2.27. The predicted octanol–water partition coefficient (Wildman–Crippen LogP) is 2.73. The lowest BCUT2D eigenvalue weighted by Gasteiger charge is -2.02. The van der Waals surface area contributed by atoms with E-state index in [4.69, 9.17) is 0 Å². The van der Waals surface area contributed by atoms with E-state index in [0.717, 1.165) is 18.6 Å². The number of benzene rings is 1. The molecule has 1 rings (SSSR count). The summed E-state index contributed by atoms with van der Waals surface area (Å²) < 4.78 is 13.2. The van der Waals surface area contributed by atoms with Crippen molar-refractivity contribution in [1.29, 1.82) is 0 Å². The standard InChI is InChI=1S/C12H15FN2O/c1-3-6-9(2)14-15-12(16)10-7-4-5-8-11(10)13/h4-5,7-8H,3,6H2,1-2H3,(H,15,16)/b14-9-. The maximum Gasteiger partial charge on any atom is 0.274 e. The molecular formula is C12H15FN2O. The lowest BCUT2D eigenvalue weighted by molar-refractivity contribution is 0.0950. The maximum atomic E-state index is 13.2. The highest BCUT2D eigenvalue weighted by molar-refractivity contribution is 5.95. The third-order valence-corrected chi connectivity index (χ3v) is 2.08. The van der Waals surface area contributed by atoms with Crippen molar-refractivity contribution in [2.75, 3.05) is 0 Å². The number of nitrogens with zero attached hydrogens (tertiary/aromatic N) is 1. The van der Waals surface area contributed by atoms with Crippen molar-refractivity contribution in [1.82, 2.24) is 5.43 Å². The SMILES string of the molecule is CCC/C(C)=N\NC(=O)c1ccccc1F. The van der Waals surface area contributed by atoms with Crippen molar-refractivity contribution < 1.29 is 9.18 Å². The zero-order valence-electron chi connectivity index (χ0n) is 9.46. The third-order valence-electron chi connectivity index (χ3n) is 2.08. The fourth-order valence-corrected chi connectivity index (χ4v) is 1.27. The first-order valence-electron chi connectivity index (χ1n) is 5.23. The van der Waals surface area contributed by atoms with Gasteiger partial charge >= 0.3 is 0 Å². The molecule has 0 radical (unpaired) electrons. The van der Waals surface area contributed by atoms with E-state index in [1.165, 1.54) is 18.2 Å². The van der Waals surface area contributed by atoms with Gasteiger partial charge in [-0.1, -0.05) is 25.5 Å². The fourth-order valence-electron chi connectivity index (χ4n) is 1.27. The van der Waals surface area contributed by atoms with Gasteiger partial charge in [-0.25, -0.2) is 9.82 Å².